The van der Waals surface area contributed by atoms with Crippen LogP contribution in [0.5, 0.6) is 0 Å². The van der Waals surface area contributed by atoms with Crippen LogP contribution in [0.25, 0.3) is 0 Å². The molecule has 2 N–H and O–H groups in total. The Kier molecular flexibility index (Phi) is 7.91. The number of hydrogen-bond donors (Lipinski definition) is 2. The predicted octanol–water partition coefficient (Wildman–Crippen LogP) is 3.34. The summed E-state index contributed by atoms with van der Waals surface area (Å²) in [5, 5.41) is 5.94. The third-order valence-corrected chi connectivity index (χ3v) is 4.53. The van der Waals surface area contributed by atoms with Gasteiger partial charge in [0.25, 0.3) is 0 Å². The average Bonchev–Trinajstić information content (AvgIpc) is 2.68. The second kappa shape index (κ2) is 10.2. The van der Waals surface area contributed by atoms with Crippen LogP contribution in [0.15, 0.2) is 46.4 Å². The Morgan fingerprint density at radius 1 is 1.18 bits per heavy atom. The highest BCUT2D eigenvalue weighted by Crippen LogP contribution is 2.27. The Morgan fingerprint density at radius 3 is 2.50 bits per heavy atom. The van der Waals surface area contributed by atoms with Gasteiger partial charge in [0.05, 0.1) is 0 Å². The molecule has 0 saturated carbocycles. The number of benzene rings is 1. The van der Waals surface area contributed by atoms with Gasteiger partial charge >= 0.3 is 6.18 Å². The minimum absolute atomic E-state index is 0.0612. The zero-order valence-electron chi connectivity index (χ0n) is 15.9. The fourth-order valence-corrected chi connectivity index (χ4v) is 2.82. The number of nitrogens with zero attached hydrogens (tertiary/aromatic N) is 4. The van der Waals surface area contributed by atoms with Crippen molar-refractivity contribution in [2.45, 2.75) is 17.6 Å². The molecular formula is C18H23F3N6S. The van der Waals surface area contributed by atoms with E-state index in [1.807, 2.05) is 18.2 Å². The zero-order chi connectivity index (χ0) is 20.6. The molecular weight excluding hydrogens is 389 g/mol. The maximum Gasteiger partial charge on any atom is 0.433 e. The second-order valence-corrected chi connectivity index (χ2v) is 6.75. The van der Waals surface area contributed by atoms with E-state index >= 15 is 0 Å². The van der Waals surface area contributed by atoms with E-state index in [2.05, 4.69) is 49.9 Å². The number of alkyl halides is 3. The van der Waals surface area contributed by atoms with Crippen LogP contribution in [0.1, 0.15) is 11.3 Å². The van der Waals surface area contributed by atoms with Gasteiger partial charge < -0.3 is 15.5 Å². The summed E-state index contributed by atoms with van der Waals surface area (Å²) in [6.07, 6.45) is -1.37. The molecule has 0 atom stereocenters. The van der Waals surface area contributed by atoms with Gasteiger partial charge in [0.1, 0.15) is 5.69 Å². The summed E-state index contributed by atoms with van der Waals surface area (Å²) in [5.74, 6) is 0.620. The average molecular weight is 412 g/mol. The normalized spacial score (nSPS) is 12.0. The molecule has 1 aromatic carbocycles. The minimum Gasteiger partial charge on any atom is -0.354 e. The van der Waals surface area contributed by atoms with Crippen molar-refractivity contribution in [3.8, 4) is 0 Å². The van der Waals surface area contributed by atoms with Crippen LogP contribution in [0.4, 0.5) is 19.1 Å². The summed E-state index contributed by atoms with van der Waals surface area (Å²) < 4.78 is 38.0. The number of nitrogens with one attached hydrogen (secondary N) is 2. The number of halogens is 3. The third-order valence-electron chi connectivity index (χ3n) is 3.79. The first-order chi connectivity index (χ1) is 13.3. The molecule has 0 aliphatic heterocycles. The second-order valence-electron chi connectivity index (χ2n) is 5.87. The molecule has 152 valence electrons. The molecule has 2 rings (SSSR count). The first kappa shape index (κ1) is 21.8. The maximum absolute atomic E-state index is 12.7. The van der Waals surface area contributed by atoms with E-state index in [0.29, 0.717) is 25.6 Å². The SMILES string of the molecule is CN=C(NCCNc1nccc(C(F)(F)F)n1)N(C)Cc1ccc(SC)cc1. The maximum atomic E-state index is 12.7. The van der Waals surface area contributed by atoms with Crippen LogP contribution in [0.3, 0.4) is 0 Å². The smallest absolute Gasteiger partial charge is 0.354 e. The zero-order valence-corrected chi connectivity index (χ0v) is 16.7. The van der Waals surface area contributed by atoms with Gasteiger partial charge in [-0.05, 0) is 30.0 Å². The fraction of sp³-hybridized carbons (Fsp3) is 0.389. The van der Waals surface area contributed by atoms with Gasteiger partial charge in [0, 0.05) is 44.8 Å². The number of aromatic nitrogens is 2. The molecule has 0 unspecified atom stereocenters. The molecule has 0 amide bonds. The number of thioether (sulfide) groups is 1. The quantitative estimate of drug-likeness (QED) is 0.315. The summed E-state index contributed by atoms with van der Waals surface area (Å²) in [6, 6.07) is 9.13. The van der Waals surface area contributed by atoms with Crippen LogP contribution in [-0.4, -0.2) is 54.3 Å². The van der Waals surface area contributed by atoms with E-state index in [-0.39, 0.29) is 5.95 Å². The van der Waals surface area contributed by atoms with Crippen molar-refractivity contribution in [2.75, 3.05) is 38.8 Å². The lowest BCUT2D eigenvalue weighted by molar-refractivity contribution is -0.141. The van der Waals surface area contributed by atoms with Crippen molar-refractivity contribution in [3.63, 3.8) is 0 Å². The topological polar surface area (TPSA) is 65.4 Å². The lowest BCUT2D eigenvalue weighted by Crippen LogP contribution is -2.40. The highest BCUT2D eigenvalue weighted by molar-refractivity contribution is 7.98. The lowest BCUT2D eigenvalue weighted by Gasteiger charge is -2.22. The largest absolute Gasteiger partial charge is 0.433 e. The molecule has 10 heteroatoms. The van der Waals surface area contributed by atoms with E-state index in [4.69, 9.17) is 0 Å². The minimum atomic E-state index is -4.49. The van der Waals surface area contributed by atoms with E-state index < -0.39 is 11.9 Å². The van der Waals surface area contributed by atoms with Crippen molar-refractivity contribution in [1.82, 2.24) is 20.2 Å². The van der Waals surface area contributed by atoms with Gasteiger partial charge in [-0.25, -0.2) is 9.97 Å². The molecule has 1 aromatic heterocycles. The van der Waals surface area contributed by atoms with Crippen molar-refractivity contribution >= 4 is 23.7 Å². The Hall–Kier alpha value is -2.49. The van der Waals surface area contributed by atoms with Gasteiger partial charge in [0.2, 0.25) is 5.95 Å². The molecule has 2 aromatic rings. The number of anilines is 1. The number of guanidine groups is 1. The highest BCUT2D eigenvalue weighted by Gasteiger charge is 2.32. The van der Waals surface area contributed by atoms with Gasteiger partial charge in [-0.2, -0.15) is 13.2 Å². The van der Waals surface area contributed by atoms with Gasteiger partial charge in [-0.1, -0.05) is 12.1 Å². The van der Waals surface area contributed by atoms with Crippen LogP contribution >= 0.6 is 11.8 Å². The first-order valence-electron chi connectivity index (χ1n) is 8.52. The Balaban J connectivity index is 1.81. The molecule has 0 aliphatic rings. The molecule has 28 heavy (non-hydrogen) atoms. The molecule has 0 bridgehead atoms. The van der Waals surface area contributed by atoms with E-state index in [1.165, 1.54) is 4.90 Å². The van der Waals surface area contributed by atoms with Crippen molar-refractivity contribution in [3.05, 3.63) is 47.8 Å². The molecule has 0 aliphatic carbocycles. The molecule has 0 fully saturated rings. The number of aliphatic imine (C=N–C) groups is 1. The summed E-state index contributed by atoms with van der Waals surface area (Å²) in [6.45, 7) is 1.47. The standard InChI is InChI=1S/C18H23F3N6S/c1-22-17(27(2)12-13-4-6-14(28-3)7-5-13)25-11-10-24-16-23-9-8-15(26-16)18(19,20)21/h4-9H,10-12H2,1-3H3,(H,22,25)(H,23,24,26). The molecule has 0 spiro atoms. The summed E-state index contributed by atoms with van der Waals surface area (Å²) in [4.78, 5) is 14.7. The monoisotopic (exact) mass is 412 g/mol. The van der Waals surface area contributed by atoms with Crippen LogP contribution in [-0.2, 0) is 12.7 Å². The molecule has 6 nitrogen and oxygen atoms in total. The number of hydrogen-bond acceptors (Lipinski definition) is 5. The number of rotatable bonds is 7. The predicted molar refractivity (Wildman–Crippen MR) is 107 cm³/mol. The van der Waals surface area contributed by atoms with E-state index in [1.54, 1.807) is 18.8 Å². The van der Waals surface area contributed by atoms with Crippen LogP contribution in [0.2, 0.25) is 0 Å². The summed E-state index contributed by atoms with van der Waals surface area (Å²) in [7, 11) is 3.60. The molecule has 0 saturated heterocycles. The first-order valence-corrected chi connectivity index (χ1v) is 9.74. The van der Waals surface area contributed by atoms with Gasteiger partial charge in [-0.15, -0.1) is 11.8 Å². The third kappa shape index (κ3) is 6.59. The molecule has 0 radical (unpaired) electrons. The van der Waals surface area contributed by atoms with Crippen molar-refractivity contribution in [2.24, 2.45) is 4.99 Å². The lowest BCUT2D eigenvalue weighted by atomic mass is 10.2. The highest BCUT2D eigenvalue weighted by atomic mass is 32.2. The van der Waals surface area contributed by atoms with E-state index in [0.717, 1.165) is 17.8 Å². The van der Waals surface area contributed by atoms with Gasteiger partial charge in [0.15, 0.2) is 5.96 Å². The summed E-state index contributed by atoms with van der Waals surface area (Å²) in [5.41, 5.74) is 0.180. The Bertz CT molecular complexity index is 780. The fourth-order valence-electron chi connectivity index (χ4n) is 2.41. The molecule has 1 heterocycles. The van der Waals surface area contributed by atoms with Crippen LogP contribution in [0, 0.1) is 0 Å². The Morgan fingerprint density at radius 2 is 1.89 bits per heavy atom. The summed E-state index contributed by atoms with van der Waals surface area (Å²) >= 11 is 1.69. The Labute approximate surface area is 166 Å². The van der Waals surface area contributed by atoms with Crippen molar-refractivity contribution in [1.29, 1.82) is 0 Å². The van der Waals surface area contributed by atoms with Crippen LogP contribution < -0.4 is 10.6 Å². The van der Waals surface area contributed by atoms with Crippen molar-refractivity contribution < 1.29 is 13.2 Å². The van der Waals surface area contributed by atoms with Gasteiger partial charge in [-0.3, -0.25) is 4.99 Å². The van der Waals surface area contributed by atoms with E-state index in [9.17, 15) is 13.2 Å².